The molecule has 2 aromatic rings. The predicted molar refractivity (Wildman–Crippen MR) is 89.4 cm³/mol. The molecule has 1 spiro atoms. The van der Waals surface area contributed by atoms with Crippen molar-refractivity contribution in [2.75, 3.05) is 10.6 Å². The van der Waals surface area contributed by atoms with Gasteiger partial charge in [0, 0.05) is 23.9 Å². The summed E-state index contributed by atoms with van der Waals surface area (Å²) in [5.74, 6) is -0.446. The van der Waals surface area contributed by atoms with E-state index in [1.807, 2.05) is 0 Å². The summed E-state index contributed by atoms with van der Waals surface area (Å²) in [6, 6.07) is 4.22. The molecule has 1 aromatic heterocycles. The molecular formula is C16H15FN4O2S. The van der Waals surface area contributed by atoms with Gasteiger partial charge in [-0.05, 0) is 32.0 Å². The number of amides is 2. The highest BCUT2D eigenvalue weighted by Gasteiger charge is 2.55. The molecule has 0 bridgehead atoms. The van der Waals surface area contributed by atoms with Crippen molar-refractivity contribution in [3.05, 3.63) is 40.8 Å². The Bertz CT molecular complexity index is 910. The fraction of sp³-hybridized carbons (Fsp3) is 0.312. The molecule has 0 saturated carbocycles. The molecule has 0 saturated heterocycles. The second kappa shape index (κ2) is 4.83. The van der Waals surface area contributed by atoms with Crippen molar-refractivity contribution in [2.45, 2.75) is 23.8 Å². The van der Waals surface area contributed by atoms with Crippen LogP contribution >= 0.6 is 11.8 Å². The second-order valence-electron chi connectivity index (χ2n) is 6.01. The molecule has 2 aliphatic heterocycles. The van der Waals surface area contributed by atoms with Crippen molar-refractivity contribution in [2.24, 2.45) is 7.05 Å². The average Bonchev–Trinajstić information content (AvgIpc) is 2.89. The minimum atomic E-state index is -1.20. The van der Waals surface area contributed by atoms with Crippen LogP contribution in [0.1, 0.15) is 23.7 Å². The van der Waals surface area contributed by atoms with Gasteiger partial charge in [0.15, 0.2) is 4.75 Å². The topological polar surface area (TPSA) is 76.0 Å². The number of nitrogens with zero attached hydrogens (tertiary/aromatic N) is 2. The molecule has 4 rings (SSSR count). The van der Waals surface area contributed by atoms with Crippen molar-refractivity contribution >= 4 is 35.1 Å². The van der Waals surface area contributed by atoms with Gasteiger partial charge >= 0.3 is 0 Å². The zero-order valence-electron chi connectivity index (χ0n) is 13.3. The number of carbonyl (C=O) groups is 2. The number of carbonyl (C=O) groups excluding carboxylic acids is 2. The molecule has 2 N–H and O–H groups in total. The molecule has 0 fully saturated rings. The monoisotopic (exact) mass is 346 g/mol. The van der Waals surface area contributed by atoms with Crippen molar-refractivity contribution in [1.29, 1.82) is 0 Å². The number of aryl methyl sites for hydroxylation is 2. The Labute approximate surface area is 141 Å². The number of anilines is 2. The highest BCUT2D eigenvalue weighted by atomic mass is 32.2. The van der Waals surface area contributed by atoms with Crippen LogP contribution in [0.25, 0.3) is 0 Å². The van der Waals surface area contributed by atoms with Crippen molar-refractivity contribution in [3.63, 3.8) is 0 Å². The molecule has 2 amide bonds. The van der Waals surface area contributed by atoms with Gasteiger partial charge in [-0.2, -0.15) is 5.10 Å². The van der Waals surface area contributed by atoms with Gasteiger partial charge in [-0.25, -0.2) is 4.39 Å². The van der Waals surface area contributed by atoms with Gasteiger partial charge < -0.3 is 10.6 Å². The lowest BCUT2D eigenvalue weighted by molar-refractivity contribution is -0.117. The van der Waals surface area contributed by atoms with Crippen LogP contribution in [0.2, 0.25) is 0 Å². The largest absolute Gasteiger partial charge is 0.324 e. The molecular weight excluding hydrogens is 331 g/mol. The summed E-state index contributed by atoms with van der Waals surface area (Å²) in [4.78, 5) is 25.4. The van der Waals surface area contributed by atoms with Crippen molar-refractivity contribution in [3.8, 4) is 0 Å². The van der Waals surface area contributed by atoms with Crippen LogP contribution < -0.4 is 10.6 Å². The Balaban J connectivity index is 2.09. The average molecular weight is 346 g/mol. The second-order valence-corrected chi connectivity index (χ2v) is 7.56. The van der Waals surface area contributed by atoms with E-state index in [0.717, 1.165) is 0 Å². The van der Waals surface area contributed by atoms with E-state index in [2.05, 4.69) is 15.7 Å². The summed E-state index contributed by atoms with van der Waals surface area (Å²) < 4.78 is 14.3. The van der Waals surface area contributed by atoms with Gasteiger partial charge in [0.2, 0.25) is 11.8 Å². The first-order chi connectivity index (χ1) is 11.3. The minimum absolute atomic E-state index is 0.209. The number of nitrogens with one attached hydrogen (secondary N) is 2. The maximum absolute atomic E-state index is 13.9. The van der Waals surface area contributed by atoms with E-state index in [4.69, 9.17) is 0 Å². The number of thioether (sulfide) groups is 1. The molecule has 8 heteroatoms. The summed E-state index contributed by atoms with van der Waals surface area (Å²) >= 11 is 1.21. The van der Waals surface area contributed by atoms with E-state index >= 15 is 0 Å². The Morgan fingerprint density at radius 2 is 2.08 bits per heavy atom. The van der Waals surface area contributed by atoms with Crippen molar-refractivity contribution in [1.82, 2.24) is 9.78 Å². The van der Waals surface area contributed by atoms with Crippen LogP contribution in [-0.2, 0) is 21.4 Å². The lowest BCUT2D eigenvalue weighted by Gasteiger charge is -2.27. The summed E-state index contributed by atoms with van der Waals surface area (Å²) in [6.07, 6.45) is 0. The molecule has 124 valence electrons. The smallest absolute Gasteiger partial charge is 0.250 e. The Hall–Kier alpha value is -2.35. The number of halogens is 1. The number of hydrogen-bond donors (Lipinski definition) is 2. The van der Waals surface area contributed by atoms with E-state index in [1.165, 1.54) is 23.9 Å². The number of rotatable bonds is 0. The van der Waals surface area contributed by atoms with Gasteiger partial charge in [0.05, 0.1) is 10.9 Å². The van der Waals surface area contributed by atoms with Crippen LogP contribution in [0.15, 0.2) is 18.2 Å². The van der Waals surface area contributed by atoms with E-state index < -0.39 is 15.8 Å². The zero-order valence-corrected chi connectivity index (χ0v) is 14.1. The maximum atomic E-state index is 13.9. The van der Waals surface area contributed by atoms with Gasteiger partial charge in [0.25, 0.3) is 0 Å². The zero-order chi connectivity index (χ0) is 17.2. The lowest BCUT2D eigenvalue weighted by Crippen LogP contribution is -2.34. The van der Waals surface area contributed by atoms with Gasteiger partial charge in [-0.3, -0.25) is 14.3 Å². The van der Waals surface area contributed by atoms with Crippen LogP contribution in [-0.4, -0.2) is 26.8 Å². The van der Waals surface area contributed by atoms with Gasteiger partial charge in [-0.1, -0.05) is 0 Å². The molecule has 3 heterocycles. The normalized spacial score (nSPS) is 25.1. The van der Waals surface area contributed by atoms with Crippen molar-refractivity contribution < 1.29 is 14.0 Å². The standard InChI is InChI=1S/C16H15FN4O2S/c1-7-12-13(21(3)20-7)19-14(22)8(2)24-16(12)10-6-9(17)4-5-11(10)18-15(16)23/h4-6,8H,1-3H3,(H,18,23)(H,19,22). The molecule has 2 aliphatic rings. The van der Waals surface area contributed by atoms with Gasteiger partial charge in [-0.15, -0.1) is 11.8 Å². The predicted octanol–water partition coefficient (Wildman–Crippen LogP) is 2.14. The maximum Gasteiger partial charge on any atom is 0.250 e. The summed E-state index contributed by atoms with van der Waals surface area (Å²) in [5, 5.41) is 9.54. The molecule has 0 radical (unpaired) electrons. The fourth-order valence-electron chi connectivity index (χ4n) is 3.43. The number of benzene rings is 1. The lowest BCUT2D eigenvalue weighted by atomic mass is 9.91. The van der Waals surface area contributed by atoms with E-state index in [9.17, 15) is 14.0 Å². The SMILES string of the molecule is Cc1nn(C)c2c1C1(SC(C)C(=O)N2)C(=O)Nc2ccc(F)cc21. The third-order valence-corrected chi connectivity index (χ3v) is 6.00. The van der Waals surface area contributed by atoms with Crippen LogP contribution in [0.3, 0.4) is 0 Å². The number of hydrogen-bond acceptors (Lipinski definition) is 4. The minimum Gasteiger partial charge on any atom is -0.324 e. The first kappa shape index (κ1) is 15.2. The Kier molecular flexibility index (Phi) is 3.05. The van der Waals surface area contributed by atoms with Crippen LogP contribution in [0.4, 0.5) is 15.9 Å². The van der Waals surface area contributed by atoms with Crippen LogP contribution in [0, 0.1) is 12.7 Å². The first-order valence-electron chi connectivity index (χ1n) is 7.49. The van der Waals surface area contributed by atoms with E-state index in [0.29, 0.717) is 28.3 Å². The third kappa shape index (κ3) is 1.80. The number of fused-ring (bicyclic) bond motifs is 4. The van der Waals surface area contributed by atoms with Crippen LogP contribution in [0.5, 0.6) is 0 Å². The molecule has 24 heavy (non-hydrogen) atoms. The molecule has 2 atom stereocenters. The molecule has 1 aromatic carbocycles. The summed E-state index contributed by atoms with van der Waals surface area (Å²) in [5.41, 5.74) is 2.32. The summed E-state index contributed by atoms with van der Waals surface area (Å²) in [6.45, 7) is 3.52. The molecule has 2 unspecified atom stereocenters. The summed E-state index contributed by atoms with van der Waals surface area (Å²) in [7, 11) is 1.71. The quantitative estimate of drug-likeness (QED) is 0.766. The van der Waals surface area contributed by atoms with Gasteiger partial charge in [0.1, 0.15) is 11.6 Å². The first-order valence-corrected chi connectivity index (χ1v) is 8.37. The fourth-order valence-corrected chi connectivity index (χ4v) is 4.95. The highest BCUT2D eigenvalue weighted by Crippen LogP contribution is 2.56. The molecule has 6 nitrogen and oxygen atoms in total. The van der Waals surface area contributed by atoms with E-state index in [-0.39, 0.29) is 11.8 Å². The third-order valence-electron chi connectivity index (χ3n) is 4.47. The highest BCUT2D eigenvalue weighted by molar-refractivity contribution is 8.02. The Morgan fingerprint density at radius 3 is 2.83 bits per heavy atom. The Morgan fingerprint density at radius 1 is 1.33 bits per heavy atom. The van der Waals surface area contributed by atoms with E-state index in [1.54, 1.807) is 31.6 Å². The molecule has 0 aliphatic carbocycles. The number of aromatic nitrogens is 2.